The first-order valence-corrected chi connectivity index (χ1v) is 11.1. The number of imidazole rings is 1. The molecule has 0 atom stereocenters. The van der Waals surface area contributed by atoms with Crippen molar-refractivity contribution in [3.8, 4) is 5.69 Å². The van der Waals surface area contributed by atoms with Crippen LogP contribution in [0.25, 0.3) is 11.3 Å². The highest BCUT2D eigenvalue weighted by molar-refractivity contribution is 7.98. The summed E-state index contributed by atoms with van der Waals surface area (Å²) >= 11 is 1.65. The zero-order valence-electron chi connectivity index (χ0n) is 17.5. The molecular weight excluding hydrogens is 441 g/mol. The maximum Gasteiger partial charge on any atom is 0.255 e. The fourth-order valence-corrected chi connectivity index (χ4v) is 4.11. The summed E-state index contributed by atoms with van der Waals surface area (Å²) < 4.78 is 17.5. The number of anilines is 1. The van der Waals surface area contributed by atoms with Gasteiger partial charge in [-0.25, -0.2) is 9.37 Å². The molecule has 5 aromatic rings. The molecule has 0 aliphatic heterocycles. The minimum Gasteiger partial charge on any atom is -0.322 e. The zero-order chi connectivity index (χ0) is 22.8. The van der Waals surface area contributed by atoms with Gasteiger partial charge >= 0.3 is 0 Å². The molecular formula is C23H18FN7OS. The summed E-state index contributed by atoms with van der Waals surface area (Å²) in [6, 6.07) is 17.5. The summed E-state index contributed by atoms with van der Waals surface area (Å²) in [4.78, 5) is 18.3. The quantitative estimate of drug-likeness (QED) is 0.381. The third-order valence-corrected chi connectivity index (χ3v) is 6.02. The Bertz CT molecular complexity index is 1410. The number of aromatic nitrogens is 6. The van der Waals surface area contributed by atoms with Gasteiger partial charge in [-0.05, 0) is 71.9 Å². The summed E-state index contributed by atoms with van der Waals surface area (Å²) in [5.74, 6) is 0.379. The number of amides is 1. The number of thioether (sulfide) groups is 1. The smallest absolute Gasteiger partial charge is 0.255 e. The Morgan fingerprint density at radius 2 is 1.97 bits per heavy atom. The van der Waals surface area contributed by atoms with Crippen LogP contribution in [-0.4, -0.2) is 35.5 Å². The molecule has 3 aromatic heterocycles. The van der Waals surface area contributed by atoms with Crippen LogP contribution in [0, 0.1) is 12.7 Å². The second-order valence-electron chi connectivity index (χ2n) is 7.27. The molecule has 0 saturated carbocycles. The number of hydrogen-bond donors (Lipinski definition) is 1. The number of fused-ring (bicyclic) bond motifs is 1. The van der Waals surface area contributed by atoms with Crippen LogP contribution >= 0.6 is 11.8 Å². The Hall–Kier alpha value is -4.05. The van der Waals surface area contributed by atoms with Crippen molar-refractivity contribution in [2.75, 3.05) is 5.32 Å². The van der Waals surface area contributed by atoms with Gasteiger partial charge in [0.15, 0.2) is 5.82 Å². The van der Waals surface area contributed by atoms with E-state index in [1.165, 1.54) is 22.9 Å². The molecule has 2 aromatic carbocycles. The first-order chi connectivity index (χ1) is 16.1. The van der Waals surface area contributed by atoms with Crippen LogP contribution in [0.2, 0.25) is 0 Å². The first kappa shape index (κ1) is 20.8. The van der Waals surface area contributed by atoms with Gasteiger partial charge in [0.05, 0.1) is 5.69 Å². The molecule has 0 aliphatic rings. The van der Waals surface area contributed by atoms with Gasteiger partial charge in [-0.3, -0.25) is 4.79 Å². The molecule has 1 N–H and O–H groups in total. The van der Waals surface area contributed by atoms with Crippen molar-refractivity contribution in [1.82, 2.24) is 29.6 Å². The molecule has 8 nitrogen and oxygen atoms in total. The van der Waals surface area contributed by atoms with E-state index in [0.29, 0.717) is 17.1 Å². The molecule has 0 spiro atoms. The van der Waals surface area contributed by atoms with E-state index >= 15 is 0 Å². The standard InChI is InChI=1S/C23H18FN7OS/c1-15-27-28-29-31(15)21-12-17(7-10-20(21)24)26-23(32)16-5-8-19(9-6-16)33-14-18-13-30-11-3-2-4-22(30)25-18/h2-13H,14H2,1H3,(H,26,32). The van der Waals surface area contributed by atoms with Crippen LogP contribution in [0.1, 0.15) is 21.9 Å². The topological polar surface area (TPSA) is 90.0 Å². The number of nitrogens with one attached hydrogen (secondary N) is 1. The summed E-state index contributed by atoms with van der Waals surface area (Å²) in [7, 11) is 0. The van der Waals surface area contributed by atoms with E-state index in [-0.39, 0.29) is 11.6 Å². The number of pyridine rings is 1. The Labute approximate surface area is 192 Å². The van der Waals surface area contributed by atoms with Crippen molar-refractivity contribution in [2.45, 2.75) is 17.6 Å². The van der Waals surface area contributed by atoms with E-state index < -0.39 is 5.82 Å². The van der Waals surface area contributed by atoms with Crippen LogP contribution < -0.4 is 5.32 Å². The second kappa shape index (κ2) is 8.83. The zero-order valence-corrected chi connectivity index (χ0v) is 18.3. The van der Waals surface area contributed by atoms with Crippen molar-refractivity contribution in [2.24, 2.45) is 0 Å². The van der Waals surface area contributed by atoms with Crippen molar-refractivity contribution < 1.29 is 9.18 Å². The molecule has 0 saturated heterocycles. The molecule has 5 rings (SSSR count). The Balaban J connectivity index is 1.25. The molecule has 1 amide bonds. The van der Waals surface area contributed by atoms with Crippen molar-refractivity contribution >= 4 is 29.0 Å². The van der Waals surface area contributed by atoms with Gasteiger partial charge in [0, 0.05) is 34.3 Å². The number of tetrazole rings is 1. The fourth-order valence-electron chi connectivity index (χ4n) is 3.33. The highest BCUT2D eigenvalue weighted by atomic mass is 32.2. The van der Waals surface area contributed by atoms with Crippen molar-refractivity contribution in [1.29, 1.82) is 0 Å². The molecule has 3 heterocycles. The number of hydrogen-bond acceptors (Lipinski definition) is 6. The average molecular weight is 460 g/mol. The monoisotopic (exact) mass is 459 g/mol. The minimum absolute atomic E-state index is 0.161. The summed E-state index contributed by atoms with van der Waals surface area (Å²) in [6.45, 7) is 1.67. The normalized spacial score (nSPS) is 11.1. The van der Waals surface area contributed by atoms with E-state index in [1.807, 2.05) is 47.1 Å². The lowest BCUT2D eigenvalue weighted by Crippen LogP contribution is -2.12. The lowest BCUT2D eigenvalue weighted by molar-refractivity contribution is 0.102. The number of rotatable bonds is 6. The lowest BCUT2D eigenvalue weighted by atomic mass is 10.2. The Morgan fingerprint density at radius 3 is 2.73 bits per heavy atom. The van der Waals surface area contributed by atoms with Gasteiger partial charge in [0.2, 0.25) is 0 Å². The predicted octanol–water partition coefficient (Wildman–Crippen LogP) is 4.30. The minimum atomic E-state index is -0.490. The third kappa shape index (κ3) is 4.46. The maximum atomic E-state index is 14.2. The fraction of sp³-hybridized carbons (Fsp3) is 0.0870. The van der Waals surface area contributed by atoms with Crippen LogP contribution in [0.3, 0.4) is 0 Å². The van der Waals surface area contributed by atoms with E-state index in [2.05, 4.69) is 25.8 Å². The van der Waals surface area contributed by atoms with Gasteiger partial charge in [-0.15, -0.1) is 16.9 Å². The Kier molecular flexibility index (Phi) is 5.57. The first-order valence-electron chi connectivity index (χ1n) is 10.1. The molecule has 33 heavy (non-hydrogen) atoms. The third-order valence-electron chi connectivity index (χ3n) is 4.97. The largest absolute Gasteiger partial charge is 0.322 e. The number of halogens is 1. The SMILES string of the molecule is Cc1nnnn1-c1cc(NC(=O)c2ccc(SCc3cn4ccccc4n3)cc2)ccc1F. The average Bonchev–Trinajstić information content (AvgIpc) is 3.45. The molecule has 0 fully saturated rings. The van der Waals surface area contributed by atoms with E-state index in [4.69, 9.17) is 0 Å². The number of aryl methyl sites for hydroxylation is 1. The van der Waals surface area contributed by atoms with Gasteiger partial charge < -0.3 is 9.72 Å². The maximum absolute atomic E-state index is 14.2. The number of benzene rings is 2. The van der Waals surface area contributed by atoms with Crippen LogP contribution in [0.5, 0.6) is 0 Å². The highest BCUT2D eigenvalue weighted by Crippen LogP contribution is 2.24. The van der Waals surface area contributed by atoms with Gasteiger partial charge in [-0.2, -0.15) is 4.68 Å². The molecule has 0 aliphatic carbocycles. The van der Waals surface area contributed by atoms with Crippen molar-refractivity contribution in [3.05, 3.63) is 96.0 Å². The Morgan fingerprint density at radius 1 is 1.12 bits per heavy atom. The summed E-state index contributed by atoms with van der Waals surface area (Å²) in [5, 5.41) is 13.9. The van der Waals surface area contributed by atoms with Crippen LogP contribution in [0.4, 0.5) is 10.1 Å². The van der Waals surface area contributed by atoms with Gasteiger partial charge in [0.1, 0.15) is 17.2 Å². The van der Waals surface area contributed by atoms with E-state index in [9.17, 15) is 9.18 Å². The van der Waals surface area contributed by atoms with Gasteiger partial charge in [0.25, 0.3) is 5.91 Å². The van der Waals surface area contributed by atoms with E-state index in [0.717, 1.165) is 22.0 Å². The number of carbonyl (C=O) groups is 1. The highest BCUT2D eigenvalue weighted by Gasteiger charge is 2.13. The summed E-state index contributed by atoms with van der Waals surface area (Å²) in [5.41, 5.74) is 3.00. The van der Waals surface area contributed by atoms with Crippen LogP contribution in [0.15, 0.2) is 78.0 Å². The van der Waals surface area contributed by atoms with Crippen molar-refractivity contribution in [3.63, 3.8) is 0 Å². The number of carbonyl (C=O) groups excluding carboxylic acids is 1. The van der Waals surface area contributed by atoms with Crippen LogP contribution in [-0.2, 0) is 5.75 Å². The predicted molar refractivity (Wildman–Crippen MR) is 123 cm³/mol. The molecule has 0 unspecified atom stereocenters. The molecule has 164 valence electrons. The van der Waals surface area contributed by atoms with Gasteiger partial charge in [-0.1, -0.05) is 6.07 Å². The molecule has 0 radical (unpaired) electrons. The number of nitrogens with zero attached hydrogens (tertiary/aromatic N) is 6. The molecule has 0 bridgehead atoms. The molecule has 10 heteroatoms. The summed E-state index contributed by atoms with van der Waals surface area (Å²) in [6.07, 6.45) is 3.98. The van der Waals surface area contributed by atoms with E-state index in [1.54, 1.807) is 30.8 Å². The lowest BCUT2D eigenvalue weighted by Gasteiger charge is -2.09. The second-order valence-corrected chi connectivity index (χ2v) is 8.32.